The van der Waals surface area contributed by atoms with Crippen LogP contribution in [0.1, 0.15) is 35.2 Å². The largest absolute Gasteiger partial charge is 0.497 e. The third-order valence-corrected chi connectivity index (χ3v) is 5.85. The molecule has 174 valence electrons. The Morgan fingerprint density at radius 2 is 1.88 bits per heavy atom. The predicted molar refractivity (Wildman–Crippen MR) is 124 cm³/mol. The van der Waals surface area contributed by atoms with Crippen LogP contribution in [0.4, 0.5) is 5.82 Å². The van der Waals surface area contributed by atoms with Gasteiger partial charge in [0.05, 0.1) is 44.7 Å². The van der Waals surface area contributed by atoms with Crippen molar-refractivity contribution in [2.24, 2.45) is 7.05 Å². The molecule has 1 saturated carbocycles. The number of pyridine rings is 1. The Bertz CT molecular complexity index is 1110. The highest BCUT2D eigenvalue weighted by Gasteiger charge is 2.30. The molecule has 0 saturated heterocycles. The number of nitrogens with one attached hydrogen (secondary N) is 1. The molecule has 1 aliphatic rings. The number of benzene rings is 1. The third kappa shape index (κ3) is 5.25. The van der Waals surface area contributed by atoms with Crippen molar-refractivity contribution in [1.82, 2.24) is 20.1 Å². The van der Waals surface area contributed by atoms with E-state index in [2.05, 4.69) is 15.4 Å². The van der Waals surface area contributed by atoms with Crippen molar-refractivity contribution in [2.45, 2.75) is 38.0 Å². The molecule has 3 N–H and O–H groups in total. The van der Waals surface area contributed by atoms with Crippen LogP contribution in [-0.4, -0.2) is 47.0 Å². The van der Waals surface area contributed by atoms with Crippen LogP contribution in [-0.2, 0) is 18.4 Å². The number of carbonyl (C=O) groups is 1. The first kappa shape index (κ1) is 22.6. The first-order valence-corrected chi connectivity index (χ1v) is 10.9. The van der Waals surface area contributed by atoms with E-state index in [-0.39, 0.29) is 23.9 Å². The fourth-order valence-corrected chi connectivity index (χ4v) is 4.08. The van der Waals surface area contributed by atoms with E-state index in [4.69, 9.17) is 19.9 Å². The van der Waals surface area contributed by atoms with Crippen molar-refractivity contribution in [3.63, 3.8) is 0 Å². The van der Waals surface area contributed by atoms with Crippen molar-refractivity contribution in [2.75, 3.05) is 20.0 Å². The number of hydrogen-bond acceptors (Lipinski definition) is 7. The van der Waals surface area contributed by atoms with Gasteiger partial charge >= 0.3 is 0 Å². The molecule has 4 rings (SSSR count). The first-order valence-electron chi connectivity index (χ1n) is 10.9. The standard InChI is InChI=1S/C24H29N5O4/c1-29-13-17(12-27-29)16-9-20(23(25)26-11-16)24(30)28-21-5-4-6-22(21)33-14-15-7-18(31-2)10-19(8-15)32-3/h7-13,21-22H,4-6,14H2,1-3H3,(H2,25,26)(H,28,30)/t21-,22-/m1/s1. The van der Waals surface area contributed by atoms with Crippen LogP contribution < -0.4 is 20.5 Å². The van der Waals surface area contributed by atoms with Gasteiger partial charge in [0, 0.05) is 36.6 Å². The highest BCUT2D eigenvalue weighted by atomic mass is 16.5. The number of carbonyl (C=O) groups excluding carboxylic acids is 1. The monoisotopic (exact) mass is 451 g/mol. The molecule has 0 aliphatic heterocycles. The molecular formula is C24H29N5O4. The maximum atomic E-state index is 13.1. The molecule has 0 radical (unpaired) electrons. The zero-order valence-electron chi connectivity index (χ0n) is 19.1. The van der Waals surface area contributed by atoms with Gasteiger partial charge in [-0.1, -0.05) is 0 Å². The van der Waals surface area contributed by atoms with Crippen molar-refractivity contribution >= 4 is 11.7 Å². The summed E-state index contributed by atoms with van der Waals surface area (Å²) < 4.78 is 18.5. The number of nitrogens with two attached hydrogens (primary N) is 1. The van der Waals surface area contributed by atoms with Gasteiger partial charge in [-0.3, -0.25) is 9.48 Å². The summed E-state index contributed by atoms with van der Waals surface area (Å²) in [5.74, 6) is 1.36. The van der Waals surface area contributed by atoms with Gasteiger partial charge in [-0.2, -0.15) is 5.10 Å². The lowest BCUT2D eigenvalue weighted by Crippen LogP contribution is -2.41. The summed E-state index contributed by atoms with van der Waals surface area (Å²) in [6.45, 7) is 0.394. The fourth-order valence-electron chi connectivity index (χ4n) is 4.08. The number of ether oxygens (including phenoxy) is 3. The zero-order chi connectivity index (χ0) is 23.4. The van der Waals surface area contributed by atoms with E-state index < -0.39 is 0 Å². The summed E-state index contributed by atoms with van der Waals surface area (Å²) in [6, 6.07) is 7.30. The number of rotatable bonds is 8. The second-order valence-corrected chi connectivity index (χ2v) is 8.14. The summed E-state index contributed by atoms with van der Waals surface area (Å²) in [5, 5.41) is 7.27. The minimum absolute atomic E-state index is 0.0955. The molecule has 33 heavy (non-hydrogen) atoms. The Morgan fingerprint density at radius 3 is 2.55 bits per heavy atom. The normalized spacial score (nSPS) is 17.7. The topological polar surface area (TPSA) is 114 Å². The molecule has 2 aromatic heterocycles. The van der Waals surface area contributed by atoms with Crippen molar-refractivity contribution in [3.8, 4) is 22.6 Å². The molecule has 9 heteroatoms. The Balaban J connectivity index is 1.43. The van der Waals surface area contributed by atoms with Crippen LogP contribution in [0.3, 0.4) is 0 Å². The minimum atomic E-state index is -0.255. The maximum Gasteiger partial charge on any atom is 0.255 e. The van der Waals surface area contributed by atoms with Crippen LogP contribution in [0.25, 0.3) is 11.1 Å². The van der Waals surface area contributed by atoms with Gasteiger partial charge in [0.1, 0.15) is 17.3 Å². The van der Waals surface area contributed by atoms with Gasteiger partial charge in [0.2, 0.25) is 0 Å². The molecule has 9 nitrogen and oxygen atoms in total. The lowest BCUT2D eigenvalue weighted by molar-refractivity contribution is 0.0271. The van der Waals surface area contributed by atoms with E-state index in [9.17, 15) is 4.79 Å². The molecule has 3 aromatic rings. The Morgan fingerprint density at radius 1 is 1.12 bits per heavy atom. The maximum absolute atomic E-state index is 13.1. The van der Waals surface area contributed by atoms with Crippen molar-refractivity contribution < 1.29 is 19.0 Å². The van der Waals surface area contributed by atoms with Gasteiger partial charge in [-0.25, -0.2) is 4.98 Å². The van der Waals surface area contributed by atoms with Gasteiger partial charge in [-0.15, -0.1) is 0 Å². The number of nitrogens with zero attached hydrogens (tertiary/aromatic N) is 3. The molecule has 0 unspecified atom stereocenters. The van der Waals surface area contributed by atoms with Gasteiger partial charge in [0.25, 0.3) is 5.91 Å². The number of amides is 1. The summed E-state index contributed by atoms with van der Waals surface area (Å²) >= 11 is 0. The SMILES string of the molecule is COc1cc(CO[C@@H]2CCC[C@H]2NC(=O)c2cc(-c3cnn(C)c3)cnc2N)cc(OC)c1. The van der Waals surface area contributed by atoms with Crippen LogP contribution in [0, 0.1) is 0 Å². The third-order valence-electron chi connectivity index (χ3n) is 5.85. The zero-order valence-corrected chi connectivity index (χ0v) is 19.1. The van der Waals surface area contributed by atoms with E-state index >= 15 is 0 Å². The Hall–Kier alpha value is -3.59. The van der Waals surface area contributed by atoms with E-state index in [0.717, 1.165) is 36.0 Å². The molecule has 1 aliphatic carbocycles. The first-order chi connectivity index (χ1) is 16.0. The number of hydrogen-bond donors (Lipinski definition) is 2. The van der Waals surface area contributed by atoms with Crippen molar-refractivity contribution in [3.05, 3.63) is 54.0 Å². The van der Waals surface area contributed by atoms with E-state index in [1.807, 2.05) is 31.4 Å². The summed E-state index contributed by atoms with van der Waals surface area (Å²) in [7, 11) is 5.07. The second kappa shape index (κ2) is 9.91. The smallest absolute Gasteiger partial charge is 0.255 e. The summed E-state index contributed by atoms with van der Waals surface area (Å²) in [6.07, 6.45) is 7.82. The molecule has 0 bridgehead atoms. The molecule has 1 amide bonds. The average molecular weight is 452 g/mol. The predicted octanol–water partition coefficient (Wildman–Crippen LogP) is 2.95. The minimum Gasteiger partial charge on any atom is -0.497 e. The molecule has 1 fully saturated rings. The van der Waals surface area contributed by atoms with Crippen LogP contribution in [0.15, 0.2) is 42.9 Å². The number of aromatic nitrogens is 3. The molecule has 1 aromatic carbocycles. The molecule has 2 atom stereocenters. The number of anilines is 1. The van der Waals surface area contributed by atoms with E-state index in [0.29, 0.717) is 23.7 Å². The number of aryl methyl sites for hydroxylation is 1. The summed E-state index contributed by atoms with van der Waals surface area (Å²) in [5.41, 5.74) is 8.97. The number of methoxy groups -OCH3 is 2. The lowest BCUT2D eigenvalue weighted by Gasteiger charge is -2.22. The molecule has 0 spiro atoms. The second-order valence-electron chi connectivity index (χ2n) is 8.14. The van der Waals surface area contributed by atoms with Gasteiger partial charge in [-0.05, 0) is 43.0 Å². The lowest BCUT2D eigenvalue weighted by atomic mass is 10.1. The quantitative estimate of drug-likeness (QED) is 0.541. The van der Waals surface area contributed by atoms with E-state index in [1.54, 1.807) is 37.4 Å². The Labute approximate surface area is 192 Å². The molecular weight excluding hydrogens is 422 g/mol. The number of nitrogen functional groups attached to an aromatic ring is 1. The molecule has 2 heterocycles. The highest BCUT2D eigenvalue weighted by molar-refractivity contribution is 5.99. The van der Waals surface area contributed by atoms with Crippen LogP contribution in [0.2, 0.25) is 0 Å². The Kier molecular flexibility index (Phi) is 6.79. The highest BCUT2D eigenvalue weighted by Crippen LogP contribution is 2.27. The van der Waals surface area contributed by atoms with E-state index in [1.165, 1.54) is 0 Å². The van der Waals surface area contributed by atoms with Crippen molar-refractivity contribution in [1.29, 1.82) is 0 Å². The van der Waals surface area contributed by atoms with Gasteiger partial charge < -0.3 is 25.3 Å². The fraction of sp³-hybridized carbons (Fsp3) is 0.375. The van der Waals surface area contributed by atoms with Crippen LogP contribution >= 0.6 is 0 Å². The van der Waals surface area contributed by atoms with Crippen LogP contribution in [0.5, 0.6) is 11.5 Å². The average Bonchev–Trinajstić information content (AvgIpc) is 3.46. The summed E-state index contributed by atoms with van der Waals surface area (Å²) in [4.78, 5) is 17.3. The van der Waals surface area contributed by atoms with Gasteiger partial charge in [0.15, 0.2) is 0 Å².